The van der Waals surface area contributed by atoms with Crippen molar-refractivity contribution >= 4 is 34.9 Å². The Balaban J connectivity index is 2.47. The Hall–Kier alpha value is -3.03. The van der Waals surface area contributed by atoms with Crippen molar-refractivity contribution < 1.29 is 19.2 Å². The summed E-state index contributed by atoms with van der Waals surface area (Å²) in [5, 5.41) is 6.47. The van der Waals surface area contributed by atoms with E-state index in [1.807, 2.05) is 37.5 Å². The number of benzene rings is 1. The number of carbonyl (C=O) groups excluding carboxylic acids is 4. The molecule has 140 valence electrons. The minimum atomic E-state index is -1.15. The van der Waals surface area contributed by atoms with Crippen molar-refractivity contribution in [2.24, 2.45) is 10.8 Å². The molecule has 0 saturated heterocycles. The molecule has 1 aromatic carbocycles. The van der Waals surface area contributed by atoms with E-state index in [-0.39, 0.29) is 31.0 Å². The van der Waals surface area contributed by atoms with E-state index in [0.717, 1.165) is 11.1 Å². The van der Waals surface area contributed by atoms with Gasteiger partial charge in [0.2, 0.25) is 5.91 Å². The number of hydrogen-bond donors (Lipinski definition) is 3. The number of nitrogens with two attached hydrogens (primary N) is 1. The molecule has 0 fully saturated rings. The molecule has 0 spiro atoms. The number of amides is 3. The lowest BCUT2D eigenvalue weighted by molar-refractivity contribution is -0.137. The summed E-state index contributed by atoms with van der Waals surface area (Å²) >= 11 is 0. The monoisotopic (exact) mass is 360 g/mol. The second-order valence-corrected chi connectivity index (χ2v) is 5.90. The zero-order chi connectivity index (χ0) is 19.7. The van der Waals surface area contributed by atoms with Crippen LogP contribution in [-0.2, 0) is 19.2 Å². The first kappa shape index (κ1) is 21.0. The predicted molar refractivity (Wildman–Crippen MR) is 98.5 cm³/mol. The lowest BCUT2D eigenvalue weighted by Crippen LogP contribution is -2.33. The van der Waals surface area contributed by atoms with Crippen molar-refractivity contribution in [1.82, 2.24) is 5.43 Å². The molecular weight excluding hydrogens is 336 g/mol. The molecule has 0 heterocycles. The first-order valence-corrected chi connectivity index (χ1v) is 8.27. The lowest BCUT2D eigenvalue weighted by Gasteiger charge is -2.08. The quantitative estimate of drug-likeness (QED) is 0.367. The third-order valence-corrected chi connectivity index (χ3v) is 3.77. The van der Waals surface area contributed by atoms with Crippen molar-refractivity contribution in [2.75, 3.05) is 5.32 Å². The van der Waals surface area contributed by atoms with Gasteiger partial charge < -0.3 is 11.1 Å². The van der Waals surface area contributed by atoms with E-state index in [1.54, 1.807) is 6.92 Å². The van der Waals surface area contributed by atoms with Crippen molar-refractivity contribution in [3.8, 4) is 0 Å². The number of rotatable bonds is 8. The molecule has 0 bridgehead atoms. The van der Waals surface area contributed by atoms with Crippen LogP contribution in [0, 0.1) is 13.8 Å². The lowest BCUT2D eigenvalue weighted by atomic mass is 10.1. The number of carbonyl (C=O) groups is 4. The SMILES string of the molecule is CC/C(CC(=O)CCC(=O)Nc1ccc(C)c(C)c1)=N/NC(=O)C(N)=O. The third-order valence-electron chi connectivity index (χ3n) is 3.77. The Morgan fingerprint density at radius 2 is 1.77 bits per heavy atom. The first-order valence-electron chi connectivity index (χ1n) is 8.27. The second kappa shape index (κ2) is 10.1. The van der Waals surface area contributed by atoms with Crippen LogP contribution in [0.15, 0.2) is 23.3 Å². The smallest absolute Gasteiger partial charge is 0.329 e. The minimum absolute atomic E-state index is 0.00748. The molecule has 0 aliphatic heterocycles. The third kappa shape index (κ3) is 7.25. The number of Topliss-reactive ketones (excluding diaryl/α,β-unsaturated/α-hetero) is 1. The van der Waals surface area contributed by atoms with Gasteiger partial charge in [0, 0.05) is 30.7 Å². The summed E-state index contributed by atoms with van der Waals surface area (Å²) in [6.07, 6.45) is 0.516. The summed E-state index contributed by atoms with van der Waals surface area (Å²) in [7, 11) is 0. The molecule has 0 radical (unpaired) electrons. The first-order chi connectivity index (χ1) is 12.2. The van der Waals surface area contributed by atoms with E-state index in [0.29, 0.717) is 17.8 Å². The Morgan fingerprint density at radius 3 is 2.35 bits per heavy atom. The van der Waals surface area contributed by atoms with Gasteiger partial charge in [0.05, 0.1) is 0 Å². The van der Waals surface area contributed by atoms with E-state index in [1.165, 1.54) is 0 Å². The number of primary amides is 1. The highest BCUT2D eigenvalue weighted by atomic mass is 16.2. The summed E-state index contributed by atoms with van der Waals surface area (Å²) in [6.45, 7) is 5.70. The summed E-state index contributed by atoms with van der Waals surface area (Å²) in [4.78, 5) is 45.6. The number of ketones is 1. The molecule has 26 heavy (non-hydrogen) atoms. The molecule has 0 aliphatic carbocycles. The highest BCUT2D eigenvalue weighted by Crippen LogP contribution is 2.14. The molecule has 0 atom stereocenters. The molecule has 0 aliphatic rings. The van der Waals surface area contributed by atoms with Crippen LogP contribution in [0.25, 0.3) is 0 Å². The van der Waals surface area contributed by atoms with Crippen LogP contribution in [0.2, 0.25) is 0 Å². The molecule has 0 aromatic heterocycles. The molecule has 0 saturated carbocycles. The van der Waals surface area contributed by atoms with Crippen molar-refractivity contribution in [2.45, 2.75) is 46.5 Å². The Bertz CT molecular complexity index is 741. The van der Waals surface area contributed by atoms with Crippen molar-refractivity contribution in [1.29, 1.82) is 0 Å². The predicted octanol–water partition coefficient (Wildman–Crippen LogP) is 1.35. The molecule has 8 heteroatoms. The van der Waals surface area contributed by atoms with E-state index < -0.39 is 11.8 Å². The van der Waals surface area contributed by atoms with Crippen molar-refractivity contribution in [3.05, 3.63) is 29.3 Å². The Kier molecular flexibility index (Phi) is 8.14. The van der Waals surface area contributed by atoms with Gasteiger partial charge in [-0.25, -0.2) is 5.43 Å². The summed E-state index contributed by atoms with van der Waals surface area (Å²) in [5.74, 6) is -2.64. The summed E-state index contributed by atoms with van der Waals surface area (Å²) < 4.78 is 0. The van der Waals surface area contributed by atoms with Crippen LogP contribution >= 0.6 is 0 Å². The number of anilines is 1. The average Bonchev–Trinajstić information content (AvgIpc) is 2.59. The minimum Gasteiger partial charge on any atom is -0.361 e. The highest BCUT2D eigenvalue weighted by molar-refractivity contribution is 6.34. The van der Waals surface area contributed by atoms with E-state index in [9.17, 15) is 19.2 Å². The van der Waals surface area contributed by atoms with Gasteiger partial charge in [-0.1, -0.05) is 13.0 Å². The molecule has 8 nitrogen and oxygen atoms in total. The summed E-state index contributed by atoms with van der Waals surface area (Å²) in [6, 6.07) is 5.60. The van der Waals surface area contributed by atoms with Gasteiger partial charge in [0.15, 0.2) is 0 Å². The summed E-state index contributed by atoms with van der Waals surface area (Å²) in [5.41, 5.74) is 10.1. The maximum atomic E-state index is 12.0. The zero-order valence-electron chi connectivity index (χ0n) is 15.2. The zero-order valence-corrected chi connectivity index (χ0v) is 15.2. The van der Waals surface area contributed by atoms with Gasteiger partial charge in [-0.15, -0.1) is 0 Å². The van der Waals surface area contributed by atoms with Gasteiger partial charge >= 0.3 is 11.8 Å². The molecule has 4 N–H and O–H groups in total. The topological polar surface area (TPSA) is 131 Å². The average molecular weight is 360 g/mol. The van der Waals surface area contributed by atoms with Gasteiger partial charge in [0.1, 0.15) is 5.78 Å². The molecular formula is C18H24N4O4. The van der Waals surface area contributed by atoms with Crippen LogP contribution in [0.4, 0.5) is 5.69 Å². The second-order valence-electron chi connectivity index (χ2n) is 5.90. The fraction of sp³-hybridized carbons (Fsp3) is 0.389. The highest BCUT2D eigenvalue weighted by Gasteiger charge is 2.12. The van der Waals surface area contributed by atoms with Crippen LogP contribution in [0.1, 0.15) is 43.7 Å². The molecule has 1 rings (SSSR count). The van der Waals surface area contributed by atoms with E-state index in [2.05, 4.69) is 10.4 Å². The molecule has 3 amide bonds. The fourth-order valence-electron chi connectivity index (χ4n) is 2.04. The Morgan fingerprint density at radius 1 is 1.08 bits per heavy atom. The normalized spacial score (nSPS) is 11.0. The maximum absolute atomic E-state index is 12.0. The number of aryl methyl sites for hydroxylation is 2. The van der Waals surface area contributed by atoms with Gasteiger partial charge in [-0.3, -0.25) is 19.2 Å². The number of hydrogen-bond acceptors (Lipinski definition) is 5. The number of nitrogens with one attached hydrogen (secondary N) is 2. The standard InChI is InChI=1S/C18H24N4O4/c1-4-13(21-22-18(26)17(19)25)10-15(23)7-8-16(24)20-14-6-5-11(2)12(3)9-14/h5-6,9H,4,7-8,10H2,1-3H3,(H2,19,25)(H,20,24)(H,22,26)/b21-13-. The van der Waals surface area contributed by atoms with E-state index in [4.69, 9.17) is 5.73 Å². The van der Waals surface area contributed by atoms with Gasteiger partial charge in [-0.05, 0) is 43.5 Å². The molecule has 0 unspecified atom stereocenters. The number of hydrazone groups is 1. The fourth-order valence-corrected chi connectivity index (χ4v) is 2.04. The van der Waals surface area contributed by atoms with Crippen LogP contribution in [0.5, 0.6) is 0 Å². The van der Waals surface area contributed by atoms with Gasteiger partial charge in [-0.2, -0.15) is 5.10 Å². The van der Waals surface area contributed by atoms with E-state index >= 15 is 0 Å². The van der Waals surface area contributed by atoms with Crippen molar-refractivity contribution in [3.63, 3.8) is 0 Å². The Labute approximate surface area is 152 Å². The molecule has 1 aromatic rings. The largest absolute Gasteiger partial charge is 0.361 e. The van der Waals surface area contributed by atoms with Crippen LogP contribution in [0.3, 0.4) is 0 Å². The van der Waals surface area contributed by atoms with Crippen LogP contribution < -0.4 is 16.5 Å². The van der Waals surface area contributed by atoms with Crippen LogP contribution in [-0.4, -0.2) is 29.2 Å². The number of nitrogens with zero attached hydrogens (tertiary/aromatic N) is 1. The maximum Gasteiger partial charge on any atom is 0.329 e. The van der Waals surface area contributed by atoms with Gasteiger partial charge in [0.25, 0.3) is 0 Å².